The van der Waals surface area contributed by atoms with Crippen molar-refractivity contribution in [2.24, 2.45) is 0 Å². The number of halogens is 2. The molecule has 0 saturated carbocycles. The van der Waals surface area contributed by atoms with Crippen LogP contribution in [0.5, 0.6) is 5.88 Å². The van der Waals surface area contributed by atoms with E-state index in [1.165, 1.54) is 0 Å². The number of methoxy groups -OCH3 is 1. The fourth-order valence-corrected chi connectivity index (χ4v) is 2.36. The lowest BCUT2D eigenvalue weighted by Crippen LogP contribution is -2.07. The van der Waals surface area contributed by atoms with Gasteiger partial charge >= 0.3 is 0 Å². The van der Waals surface area contributed by atoms with E-state index in [0.717, 1.165) is 5.56 Å². The van der Waals surface area contributed by atoms with E-state index in [4.69, 9.17) is 27.9 Å². The van der Waals surface area contributed by atoms with E-state index < -0.39 is 0 Å². The molecule has 2 rings (SSSR count). The molecular weight excluding hydrogens is 297 g/mol. The van der Waals surface area contributed by atoms with Crippen molar-refractivity contribution in [1.82, 2.24) is 4.98 Å². The molecule has 5 heteroatoms. The standard InChI is InChI=1S/C15H13Cl2NO2/c1-20-15-6-5-10(9-18-15)7-11(19)8-12-13(16)3-2-4-14(12)17/h2-6,9H,7-8H2,1H3. The predicted octanol–water partition coefficient (Wildman–Crippen LogP) is 3.75. The van der Waals surface area contributed by atoms with E-state index in [9.17, 15) is 4.79 Å². The number of ketones is 1. The summed E-state index contributed by atoms with van der Waals surface area (Å²) >= 11 is 12.1. The van der Waals surface area contributed by atoms with Crippen molar-refractivity contribution in [1.29, 1.82) is 0 Å². The topological polar surface area (TPSA) is 39.2 Å². The lowest BCUT2D eigenvalue weighted by Gasteiger charge is -2.06. The first-order valence-corrected chi connectivity index (χ1v) is 6.79. The molecule has 0 spiro atoms. The zero-order chi connectivity index (χ0) is 14.5. The molecule has 3 nitrogen and oxygen atoms in total. The van der Waals surface area contributed by atoms with Crippen LogP contribution >= 0.6 is 23.2 Å². The number of hydrogen-bond donors (Lipinski definition) is 0. The number of benzene rings is 1. The van der Waals surface area contributed by atoms with Gasteiger partial charge in [-0.15, -0.1) is 0 Å². The molecule has 0 atom stereocenters. The molecule has 0 unspecified atom stereocenters. The maximum Gasteiger partial charge on any atom is 0.212 e. The highest BCUT2D eigenvalue weighted by Crippen LogP contribution is 2.25. The third-order valence-corrected chi connectivity index (χ3v) is 3.55. The Balaban J connectivity index is 2.05. The van der Waals surface area contributed by atoms with Crippen LogP contribution in [0.15, 0.2) is 36.5 Å². The van der Waals surface area contributed by atoms with Gasteiger partial charge in [0, 0.05) is 35.2 Å². The Morgan fingerprint density at radius 3 is 2.40 bits per heavy atom. The van der Waals surface area contributed by atoms with Gasteiger partial charge in [-0.2, -0.15) is 0 Å². The number of carbonyl (C=O) groups excluding carboxylic acids is 1. The fraction of sp³-hybridized carbons (Fsp3) is 0.200. The molecular formula is C15H13Cl2NO2. The Hall–Kier alpha value is -1.58. The van der Waals surface area contributed by atoms with Crippen LogP contribution < -0.4 is 4.74 Å². The maximum atomic E-state index is 12.1. The van der Waals surface area contributed by atoms with Gasteiger partial charge in [0.1, 0.15) is 5.78 Å². The van der Waals surface area contributed by atoms with Crippen LogP contribution in [0.25, 0.3) is 0 Å². The molecule has 0 aliphatic carbocycles. The number of ether oxygens (including phenoxy) is 1. The van der Waals surface area contributed by atoms with Crippen LogP contribution in [0, 0.1) is 0 Å². The highest BCUT2D eigenvalue weighted by Gasteiger charge is 2.11. The molecule has 0 aliphatic rings. The first-order chi connectivity index (χ1) is 9.60. The van der Waals surface area contributed by atoms with Crippen molar-refractivity contribution >= 4 is 29.0 Å². The SMILES string of the molecule is COc1ccc(CC(=O)Cc2c(Cl)cccc2Cl)cn1. The molecule has 1 aromatic heterocycles. The van der Waals surface area contributed by atoms with Gasteiger partial charge in [-0.05, 0) is 23.3 Å². The highest BCUT2D eigenvalue weighted by atomic mass is 35.5. The number of rotatable bonds is 5. The van der Waals surface area contributed by atoms with Gasteiger partial charge < -0.3 is 4.74 Å². The minimum atomic E-state index is 0.0342. The summed E-state index contributed by atoms with van der Waals surface area (Å²) in [5, 5.41) is 1.03. The summed E-state index contributed by atoms with van der Waals surface area (Å²) in [6, 6.07) is 8.75. The van der Waals surface area contributed by atoms with Crippen molar-refractivity contribution < 1.29 is 9.53 Å². The number of carbonyl (C=O) groups is 1. The van der Waals surface area contributed by atoms with Gasteiger partial charge in [-0.25, -0.2) is 4.98 Å². The minimum Gasteiger partial charge on any atom is -0.481 e. The third-order valence-electron chi connectivity index (χ3n) is 2.84. The molecule has 104 valence electrons. The van der Waals surface area contributed by atoms with Crippen molar-refractivity contribution in [2.45, 2.75) is 12.8 Å². The van der Waals surface area contributed by atoms with Gasteiger partial charge in [0.15, 0.2) is 0 Å². The summed E-state index contributed by atoms with van der Waals surface area (Å²) in [4.78, 5) is 16.1. The smallest absolute Gasteiger partial charge is 0.212 e. The van der Waals surface area contributed by atoms with Gasteiger partial charge in [-0.3, -0.25) is 4.79 Å². The summed E-state index contributed by atoms with van der Waals surface area (Å²) in [7, 11) is 1.55. The predicted molar refractivity (Wildman–Crippen MR) is 79.7 cm³/mol. The fourth-order valence-electron chi connectivity index (χ4n) is 1.82. The van der Waals surface area contributed by atoms with Crippen molar-refractivity contribution in [3.8, 4) is 5.88 Å². The van der Waals surface area contributed by atoms with Crippen LogP contribution in [0.3, 0.4) is 0 Å². The molecule has 1 aromatic carbocycles. The molecule has 0 aliphatic heterocycles. The van der Waals surface area contributed by atoms with Crippen LogP contribution in [0.1, 0.15) is 11.1 Å². The van der Waals surface area contributed by atoms with E-state index in [2.05, 4.69) is 4.98 Å². The number of pyridine rings is 1. The van der Waals surface area contributed by atoms with Crippen LogP contribution in [-0.2, 0) is 17.6 Å². The van der Waals surface area contributed by atoms with Crippen molar-refractivity contribution in [3.63, 3.8) is 0 Å². The third kappa shape index (κ3) is 3.71. The summed E-state index contributed by atoms with van der Waals surface area (Å²) in [6.45, 7) is 0. The van der Waals surface area contributed by atoms with Gasteiger partial charge in [-0.1, -0.05) is 35.3 Å². The average molecular weight is 310 g/mol. The van der Waals surface area contributed by atoms with E-state index in [-0.39, 0.29) is 12.2 Å². The Kier molecular flexibility index (Phi) is 4.99. The number of aromatic nitrogens is 1. The second-order valence-electron chi connectivity index (χ2n) is 4.30. The second-order valence-corrected chi connectivity index (χ2v) is 5.12. The monoisotopic (exact) mass is 309 g/mol. The number of nitrogens with zero attached hydrogens (tertiary/aromatic N) is 1. The number of hydrogen-bond acceptors (Lipinski definition) is 3. The summed E-state index contributed by atoms with van der Waals surface area (Å²) in [5.41, 5.74) is 1.50. The Labute approximate surface area is 127 Å². The van der Waals surface area contributed by atoms with E-state index in [1.807, 2.05) is 6.07 Å². The van der Waals surface area contributed by atoms with E-state index in [1.54, 1.807) is 37.6 Å². The van der Waals surface area contributed by atoms with Crippen LogP contribution in [0.4, 0.5) is 0 Å². The number of Topliss-reactive ketones (excluding diaryl/α,β-unsaturated/α-hetero) is 1. The van der Waals surface area contributed by atoms with Gasteiger partial charge in [0.25, 0.3) is 0 Å². The molecule has 2 aromatic rings. The van der Waals surface area contributed by atoms with Crippen molar-refractivity contribution in [2.75, 3.05) is 7.11 Å². The summed E-state index contributed by atoms with van der Waals surface area (Å²) in [5.74, 6) is 0.558. The Bertz CT molecular complexity index is 592. The molecule has 1 heterocycles. The zero-order valence-corrected chi connectivity index (χ0v) is 12.4. The van der Waals surface area contributed by atoms with Gasteiger partial charge in [0.05, 0.1) is 7.11 Å². The lowest BCUT2D eigenvalue weighted by molar-refractivity contribution is -0.117. The Morgan fingerprint density at radius 2 is 1.85 bits per heavy atom. The second kappa shape index (κ2) is 6.73. The molecule has 0 radical (unpaired) electrons. The molecule has 0 amide bonds. The normalized spacial score (nSPS) is 10.3. The van der Waals surface area contributed by atoms with E-state index >= 15 is 0 Å². The summed E-state index contributed by atoms with van der Waals surface area (Å²) in [6.07, 6.45) is 2.13. The molecule has 0 fully saturated rings. The van der Waals surface area contributed by atoms with Crippen LogP contribution in [-0.4, -0.2) is 17.9 Å². The molecule has 20 heavy (non-hydrogen) atoms. The quantitative estimate of drug-likeness (QED) is 0.844. The lowest BCUT2D eigenvalue weighted by atomic mass is 10.0. The zero-order valence-electron chi connectivity index (χ0n) is 10.9. The largest absolute Gasteiger partial charge is 0.481 e. The first kappa shape index (κ1) is 14.8. The first-order valence-electron chi connectivity index (χ1n) is 6.03. The molecule has 0 bridgehead atoms. The van der Waals surface area contributed by atoms with Gasteiger partial charge in [0.2, 0.25) is 5.88 Å². The minimum absolute atomic E-state index is 0.0342. The average Bonchev–Trinajstić information content (AvgIpc) is 2.44. The molecule has 0 N–H and O–H groups in total. The van der Waals surface area contributed by atoms with Crippen molar-refractivity contribution in [3.05, 3.63) is 57.7 Å². The Morgan fingerprint density at radius 1 is 1.15 bits per heavy atom. The van der Waals surface area contributed by atoms with E-state index in [0.29, 0.717) is 27.9 Å². The maximum absolute atomic E-state index is 12.1. The molecule has 0 saturated heterocycles. The highest BCUT2D eigenvalue weighted by molar-refractivity contribution is 6.36. The van der Waals surface area contributed by atoms with Crippen LogP contribution in [0.2, 0.25) is 10.0 Å². The summed E-state index contributed by atoms with van der Waals surface area (Å²) < 4.78 is 4.97.